The highest BCUT2D eigenvalue weighted by Crippen LogP contribution is 2.14. The fourth-order valence-electron chi connectivity index (χ4n) is 3.00. The predicted octanol–water partition coefficient (Wildman–Crippen LogP) is 1.45. The van der Waals surface area contributed by atoms with Gasteiger partial charge in [-0.2, -0.15) is 0 Å². The molecule has 0 amide bonds. The molecule has 1 aliphatic heterocycles. The first kappa shape index (κ1) is 20.8. The summed E-state index contributed by atoms with van der Waals surface area (Å²) in [7, 11) is 1.97. The van der Waals surface area contributed by atoms with Crippen LogP contribution in [0.15, 0.2) is 16.4 Å². The van der Waals surface area contributed by atoms with E-state index < -0.39 is 0 Å². The quantitative estimate of drug-likeness (QED) is 0.393. The van der Waals surface area contributed by atoms with Crippen LogP contribution in [-0.2, 0) is 24.9 Å². The number of rotatable bonds is 8. The monoisotopic (exact) mass is 405 g/mol. The van der Waals surface area contributed by atoms with Crippen molar-refractivity contribution < 1.29 is 4.74 Å². The predicted molar refractivity (Wildman–Crippen MR) is 113 cm³/mol. The number of aryl methyl sites for hydroxylation is 2. The van der Waals surface area contributed by atoms with E-state index in [1.165, 1.54) is 10.4 Å². The third kappa shape index (κ3) is 6.02. The zero-order valence-corrected chi connectivity index (χ0v) is 17.9. The van der Waals surface area contributed by atoms with Crippen molar-refractivity contribution in [2.24, 2.45) is 12.0 Å². The Morgan fingerprint density at radius 2 is 2.07 bits per heavy atom. The van der Waals surface area contributed by atoms with E-state index in [4.69, 9.17) is 9.73 Å². The average Bonchev–Trinajstić information content (AvgIpc) is 3.27. The van der Waals surface area contributed by atoms with E-state index in [0.29, 0.717) is 6.54 Å². The topological polar surface area (TPSA) is 79.6 Å². The number of guanidine groups is 1. The summed E-state index contributed by atoms with van der Waals surface area (Å²) >= 11 is 1.77. The lowest BCUT2D eigenvalue weighted by atomic mass is 10.3. The number of ether oxygens (including phenoxy) is 1. The summed E-state index contributed by atoms with van der Waals surface area (Å²) in [6.07, 6.45) is 1.07. The van der Waals surface area contributed by atoms with Gasteiger partial charge in [0.1, 0.15) is 12.4 Å². The first-order valence-electron chi connectivity index (χ1n) is 9.83. The molecule has 1 fully saturated rings. The number of nitrogens with one attached hydrogen (secondary N) is 2. The number of nitrogens with zero attached hydrogens (tertiary/aromatic N) is 5. The molecular formula is C19H31N7OS. The van der Waals surface area contributed by atoms with E-state index in [9.17, 15) is 0 Å². The van der Waals surface area contributed by atoms with Crippen molar-refractivity contribution in [3.05, 3.63) is 33.5 Å². The van der Waals surface area contributed by atoms with Gasteiger partial charge in [-0.15, -0.1) is 21.5 Å². The van der Waals surface area contributed by atoms with Crippen LogP contribution >= 0.6 is 11.3 Å². The van der Waals surface area contributed by atoms with Gasteiger partial charge in [0.25, 0.3) is 0 Å². The Kier molecular flexibility index (Phi) is 7.81. The molecule has 0 unspecified atom stereocenters. The maximum absolute atomic E-state index is 5.41. The maximum Gasteiger partial charge on any atom is 0.192 e. The van der Waals surface area contributed by atoms with Gasteiger partial charge in [0.15, 0.2) is 11.8 Å². The summed E-state index contributed by atoms with van der Waals surface area (Å²) in [6, 6.07) is 2.15. The molecule has 8 nitrogen and oxygen atoms in total. The summed E-state index contributed by atoms with van der Waals surface area (Å²) in [5, 5.41) is 17.4. The van der Waals surface area contributed by atoms with E-state index in [1.54, 1.807) is 11.3 Å². The molecule has 2 aromatic rings. The third-order valence-electron chi connectivity index (χ3n) is 4.99. The molecular weight excluding hydrogens is 374 g/mol. The van der Waals surface area contributed by atoms with Crippen LogP contribution in [0.3, 0.4) is 0 Å². The molecule has 2 aromatic heterocycles. The number of hydrogen-bond acceptors (Lipinski definition) is 6. The second-order valence-corrected chi connectivity index (χ2v) is 8.00. The lowest BCUT2D eigenvalue weighted by molar-refractivity contribution is 0.0376. The third-order valence-corrected chi connectivity index (χ3v) is 6.02. The molecule has 154 valence electrons. The van der Waals surface area contributed by atoms with Gasteiger partial charge >= 0.3 is 0 Å². The van der Waals surface area contributed by atoms with Crippen LogP contribution < -0.4 is 10.6 Å². The maximum atomic E-state index is 5.41. The van der Waals surface area contributed by atoms with Gasteiger partial charge < -0.3 is 19.9 Å². The summed E-state index contributed by atoms with van der Waals surface area (Å²) < 4.78 is 7.38. The summed E-state index contributed by atoms with van der Waals surface area (Å²) in [6.45, 7) is 11.1. The Morgan fingerprint density at radius 3 is 2.75 bits per heavy atom. The molecule has 1 aliphatic rings. The molecule has 0 saturated carbocycles. The fraction of sp³-hybridized carbons (Fsp3) is 0.632. The fourth-order valence-corrected chi connectivity index (χ4v) is 3.84. The van der Waals surface area contributed by atoms with Gasteiger partial charge in [-0.25, -0.2) is 4.99 Å². The first-order chi connectivity index (χ1) is 13.6. The molecule has 28 heavy (non-hydrogen) atoms. The van der Waals surface area contributed by atoms with Crippen LogP contribution in [0.2, 0.25) is 0 Å². The average molecular weight is 406 g/mol. The number of aliphatic imine (C=N–C) groups is 1. The molecule has 2 N–H and O–H groups in total. The number of morpholine rings is 1. The first-order valence-corrected chi connectivity index (χ1v) is 10.7. The lowest BCUT2D eigenvalue weighted by Gasteiger charge is -2.26. The van der Waals surface area contributed by atoms with Crippen molar-refractivity contribution >= 4 is 17.3 Å². The Morgan fingerprint density at radius 1 is 1.25 bits per heavy atom. The molecule has 1 saturated heterocycles. The largest absolute Gasteiger partial charge is 0.379 e. The number of aromatic nitrogens is 3. The molecule has 3 rings (SSSR count). The summed E-state index contributed by atoms with van der Waals surface area (Å²) in [5.41, 5.74) is 1.31. The van der Waals surface area contributed by atoms with Gasteiger partial charge in [0, 0.05) is 31.6 Å². The minimum atomic E-state index is 0.500. The van der Waals surface area contributed by atoms with E-state index in [2.05, 4.69) is 44.1 Å². The van der Waals surface area contributed by atoms with Crippen LogP contribution in [0.25, 0.3) is 0 Å². The van der Waals surface area contributed by atoms with E-state index in [1.807, 2.05) is 18.5 Å². The molecule has 9 heteroatoms. The minimum absolute atomic E-state index is 0.500. The highest BCUT2D eigenvalue weighted by molar-refractivity contribution is 7.10. The van der Waals surface area contributed by atoms with Crippen molar-refractivity contribution in [1.29, 1.82) is 0 Å². The van der Waals surface area contributed by atoms with Gasteiger partial charge in [-0.05, 0) is 43.8 Å². The van der Waals surface area contributed by atoms with E-state index in [0.717, 1.165) is 70.0 Å². The molecule has 0 radical (unpaired) electrons. The van der Waals surface area contributed by atoms with Gasteiger partial charge in [0.2, 0.25) is 0 Å². The minimum Gasteiger partial charge on any atom is -0.379 e. The molecule has 0 spiro atoms. The lowest BCUT2D eigenvalue weighted by Crippen LogP contribution is -2.40. The van der Waals surface area contributed by atoms with Crippen molar-refractivity contribution in [1.82, 2.24) is 30.3 Å². The second-order valence-electron chi connectivity index (χ2n) is 7.00. The Bertz CT molecular complexity index is 764. The summed E-state index contributed by atoms with van der Waals surface area (Å²) in [4.78, 5) is 8.51. The SMILES string of the molecule is Cc1ccsc1CNC(=NCc1nnc(C)n1C)NCCCN1CCOCC1. The van der Waals surface area contributed by atoms with E-state index in [-0.39, 0.29) is 0 Å². The molecule has 0 bridgehead atoms. The van der Waals surface area contributed by atoms with Crippen molar-refractivity contribution in [2.45, 2.75) is 33.4 Å². The van der Waals surface area contributed by atoms with Crippen LogP contribution in [-0.4, -0.2) is 65.0 Å². The van der Waals surface area contributed by atoms with Gasteiger partial charge in [0.05, 0.1) is 19.8 Å². The molecule has 3 heterocycles. The Hall–Kier alpha value is -1.97. The number of thiophene rings is 1. The van der Waals surface area contributed by atoms with Crippen LogP contribution in [0.5, 0.6) is 0 Å². The Balaban J connectivity index is 1.52. The van der Waals surface area contributed by atoms with Gasteiger partial charge in [-0.3, -0.25) is 4.90 Å². The molecule has 0 aromatic carbocycles. The van der Waals surface area contributed by atoms with Crippen LogP contribution in [0, 0.1) is 13.8 Å². The Labute approximate surface area is 171 Å². The molecule has 0 atom stereocenters. The van der Waals surface area contributed by atoms with Gasteiger partial charge in [-0.1, -0.05) is 0 Å². The zero-order chi connectivity index (χ0) is 19.8. The normalized spacial score (nSPS) is 15.8. The molecule has 0 aliphatic carbocycles. The van der Waals surface area contributed by atoms with Crippen LogP contribution in [0.1, 0.15) is 28.5 Å². The highest BCUT2D eigenvalue weighted by Gasteiger charge is 2.10. The standard InChI is InChI=1S/C19H31N7OS/c1-15-5-12-28-17(15)13-21-19(22-14-18-24-23-16(2)25(18)3)20-6-4-7-26-8-10-27-11-9-26/h5,12H,4,6-11,13-14H2,1-3H3,(H2,20,21,22). The zero-order valence-electron chi connectivity index (χ0n) is 17.1. The summed E-state index contributed by atoms with van der Waals surface area (Å²) in [5.74, 6) is 2.57. The van der Waals surface area contributed by atoms with Crippen molar-refractivity contribution in [3.8, 4) is 0 Å². The van der Waals surface area contributed by atoms with Crippen LogP contribution in [0.4, 0.5) is 0 Å². The van der Waals surface area contributed by atoms with Crippen molar-refractivity contribution in [2.75, 3.05) is 39.4 Å². The van der Waals surface area contributed by atoms with E-state index >= 15 is 0 Å². The number of hydrogen-bond donors (Lipinski definition) is 2. The second kappa shape index (κ2) is 10.5. The van der Waals surface area contributed by atoms with Crippen molar-refractivity contribution in [3.63, 3.8) is 0 Å². The highest BCUT2D eigenvalue weighted by atomic mass is 32.1. The smallest absolute Gasteiger partial charge is 0.192 e.